The molecule has 4 aromatic rings. The van der Waals surface area contributed by atoms with Gasteiger partial charge < -0.3 is 30.3 Å². The quantitative estimate of drug-likeness (QED) is 0.282. The van der Waals surface area contributed by atoms with E-state index in [9.17, 15) is 15.0 Å². The van der Waals surface area contributed by atoms with E-state index in [4.69, 9.17) is 9.47 Å². The van der Waals surface area contributed by atoms with Crippen LogP contribution in [0.5, 0.6) is 5.75 Å². The number of aliphatic hydroxyl groups excluding tert-OH is 2. The van der Waals surface area contributed by atoms with Gasteiger partial charge in [0.25, 0.3) is 5.91 Å². The fourth-order valence-corrected chi connectivity index (χ4v) is 4.44. The molecule has 5 rings (SSSR count). The number of fused-ring (bicyclic) bond motifs is 1. The first-order valence-electron chi connectivity index (χ1n) is 11.9. The molecule has 4 atom stereocenters. The Hall–Kier alpha value is -4.06. The van der Waals surface area contributed by atoms with Crippen molar-refractivity contribution in [2.24, 2.45) is 0 Å². The molecular weight excluding hydrogens is 476 g/mol. The Morgan fingerprint density at radius 3 is 2.78 bits per heavy atom. The molecule has 1 saturated heterocycles. The Kier molecular flexibility index (Phi) is 6.99. The normalized spacial score (nSPS) is 21.2. The van der Waals surface area contributed by atoms with Gasteiger partial charge in [-0.15, -0.1) is 0 Å². The maximum Gasteiger partial charge on any atom is 0.251 e. The number of carbonyl (C=O) groups is 1. The summed E-state index contributed by atoms with van der Waals surface area (Å²) in [6, 6.07) is 13.8. The first kappa shape index (κ1) is 24.6. The van der Waals surface area contributed by atoms with Crippen molar-refractivity contribution < 1.29 is 24.5 Å². The van der Waals surface area contributed by atoms with Crippen molar-refractivity contribution in [1.29, 1.82) is 0 Å². The predicted molar refractivity (Wildman–Crippen MR) is 135 cm³/mol. The van der Waals surface area contributed by atoms with E-state index in [1.807, 2.05) is 31.2 Å². The molecule has 2 aromatic heterocycles. The average Bonchev–Trinajstić information content (AvgIpc) is 3.49. The van der Waals surface area contributed by atoms with Crippen LogP contribution in [0.25, 0.3) is 11.2 Å². The minimum atomic E-state index is -1.16. The van der Waals surface area contributed by atoms with Crippen LogP contribution in [0, 0.1) is 6.92 Å². The summed E-state index contributed by atoms with van der Waals surface area (Å²) >= 11 is 0. The van der Waals surface area contributed by atoms with Crippen LogP contribution in [-0.4, -0.2) is 67.6 Å². The molecule has 0 radical (unpaired) electrons. The number of nitrogens with one attached hydrogen (secondary N) is 2. The maximum absolute atomic E-state index is 13.0. The Bertz CT molecular complexity index is 1410. The molecule has 0 spiro atoms. The second-order valence-corrected chi connectivity index (χ2v) is 8.80. The van der Waals surface area contributed by atoms with Crippen LogP contribution in [-0.2, 0) is 11.3 Å². The third-order valence-electron chi connectivity index (χ3n) is 6.52. The Morgan fingerprint density at radius 2 is 2.00 bits per heavy atom. The van der Waals surface area contributed by atoms with E-state index in [0.717, 1.165) is 11.1 Å². The molecule has 1 fully saturated rings. The van der Waals surface area contributed by atoms with Gasteiger partial charge in [0.15, 0.2) is 23.2 Å². The first-order valence-corrected chi connectivity index (χ1v) is 11.9. The monoisotopic (exact) mass is 504 g/mol. The smallest absolute Gasteiger partial charge is 0.251 e. The number of aromatic nitrogens is 4. The summed E-state index contributed by atoms with van der Waals surface area (Å²) in [6.07, 6.45) is 0.00594. The summed E-state index contributed by atoms with van der Waals surface area (Å²) in [6.45, 7) is 2.17. The first-order chi connectivity index (χ1) is 18.0. The lowest BCUT2D eigenvalue weighted by atomic mass is 10.1. The largest absolute Gasteiger partial charge is 0.497 e. The van der Waals surface area contributed by atoms with Crippen LogP contribution < -0.4 is 15.4 Å². The third kappa shape index (κ3) is 4.84. The molecule has 2 aromatic carbocycles. The molecule has 1 aliphatic rings. The van der Waals surface area contributed by atoms with Gasteiger partial charge in [0.2, 0.25) is 0 Å². The number of ether oxygens (including phenoxy) is 2. The molecule has 1 aliphatic heterocycles. The number of benzene rings is 2. The number of hydrogen-bond acceptors (Lipinski definition) is 9. The van der Waals surface area contributed by atoms with E-state index in [1.165, 1.54) is 19.8 Å². The van der Waals surface area contributed by atoms with Gasteiger partial charge in [-0.25, -0.2) is 15.0 Å². The van der Waals surface area contributed by atoms with Gasteiger partial charge >= 0.3 is 0 Å². The van der Waals surface area contributed by atoms with Crippen molar-refractivity contribution in [1.82, 2.24) is 24.8 Å². The van der Waals surface area contributed by atoms with E-state index in [1.54, 1.807) is 28.8 Å². The number of imidazole rings is 1. The van der Waals surface area contributed by atoms with Crippen LogP contribution in [0.4, 0.5) is 5.82 Å². The lowest BCUT2D eigenvalue weighted by Gasteiger charge is -2.23. The van der Waals surface area contributed by atoms with E-state index < -0.39 is 37.0 Å². The fraction of sp³-hybridized carbons (Fsp3) is 0.308. The summed E-state index contributed by atoms with van der Waals surface area (Å²) < 4.78 is 12.8. The number of aliphatic hydroxyl groups is 2. The Labute approximate surface area is 213 Å². The number of nitrogens with zero attached hydrogens (tertiary/aromatic N) is 4. The van der Waals surface area contributed by atoms with E-state index in [-0.39, 0.29) is 0 Å². The minimum Gasteiger partial charge on any atom is -0.497 e. The fourth-order valence-electron chi connectivity index (χ4n) is 4.44. The molecule has 192 valence electrons. The van der Waals surface area contributed by atoms with E-state index >= 15 is 0 Å². The van der Waals surface area contributed by atoms with E-state index in [0.29, 0.717) is 34.8 Å². The molecule has 37 heavy (non-hydrogen) atoms. The number of rotatable bonds is 8. The summed E-state index contributed by atoms with van der Waals surface area (Å²) in [7, 11) is 1.52. The van der Waals surface area contributed by atoms with Gasteiger partial charge in [-0.1, -0.05) is 30.3 Å². The molecule has 3 heterocycles. The van der Waals surface area contributed by atoms with Crippen molar-refractivity contribution in [3.63, 3.8) is 0 Å². The van der Waals surface area contributed by atoms with Crippen LogP contribution >= 0.6 is 0 Å². The van der Waals surface area contributed by atoms with Crippen LogP contribution in [0.1, 0.15) is 27.7 Å². The van der Waals surface area contributed by atoms with Gasteiger partial charge in [0.05, 0.1) is 20.0 Å². The van der Waals surface area contributed by atoms with Gasteiger partial charge in [-0.05, 0) is 36.2 Å². The second kappa shape index (κ2) is 10.5. The molecule has 0 bridgehead atoms. The van der Waals surface area contributed by atoms with Gasteiger partial charge in [-0.2, -0.15) is 0 Å². The van der Waals surface area contributed by atoms with Gasteiger partial charge in [-0.3, -0.25) is 9.36 Å². The second-order valence-electron chi connectivity index (χ2n) is 8.80. The number of methoxy groups -OCH3 is 1. The van der Waals surface area contributed by atoms with Crippen molar-refractivity contribution >= 4 is 22.9 Å². The highest BCUT2D eigenvalue weighted by atomic mass is 16.5. The van der Waals surface area contributed by atoms with Crippen molar-refractivity contribution in [3.8, 4) is 5.75 Å². The minimum absolute atomic E-state index is 0.359. The lowest BCUT2D eigenvalue weighted by Crippen LogP contribution is -2.46. The molecular formula is C26H28N6O5. The summed E-state index contributed by atoms with van der Waals surface area (Å²) in [4.78, 5) is 26.3. The SMILES string of the molecule is COc1cccc(C(=O)N[C@@H]2[C@H](O)[C@@H](CO)O[C@H]2n2cnc3c(NCc4ccccc4C)ncnc32)c1. The molecule has 11 heteroatoms. The number of anilines is 1. The topological polar surface area (TPSA) is 144 Å². The number of aryl methyl sites for hydroxylation is 1. The molecule has 1 amide bonds. The molecule has 0 aliphatic carbocycles. The molecule has 0 saturated carbocycles. The zero-order chi connectivity index (χ0) is 25.9. The number of amides is 1. The summed E-state index contributed by atoms with van der Waals surface area (Å²) in [5, 5.41) is 26.8. The maximum atomic E-state index is 13.0. The average molecular weight is 505 g/mol. The van der Waals surface area contributed by atoms with Gasteiger partial charge in [0, 0.05) is 12.1 Å². The number of hydrogen-bond donors (Lipinski definition) is 4. The third-order valence-corrected chi connectivity index (χ3v) is 6.52. The van der Waals surface area contributed by atoms with Crippen molar-refractivity contribution in [2.45, 2.75) is 37.9 Å². The van der Waals surface area contributed by atoms with E-state index in [2.05, 4.69) is 25.6 Å². The highest BCUT2D eigenvalue weighted by Gasteiger charge is 2.46. The molecule has 0 unspecified atom stereocenters. The zero-order valence-electron chi connectivity index (χ0n) is 20.4. The highest BCUT2D eigenvalue weighted by Crippen LogP contribution is 2.32. The molecule has 4 N–H and O–H groups in total. The summed E-state index contributed by atoms with van der Waals surface area (Å²) in [5.74, 6) is 0.652. The Morgan fingerprint density at radius 1 is 1.16 bits per heavy atom. The van der Waals surface area contributed by atoms with Crippen molar-refractivity contribution in [3.05, 3.63) is 77.9 Å². The zero-order valence-corrected chi connectivity index (χ0v) is 20.4. The predicted octanol–water partition coefficient (Wildman–Crippen LogP) is 1.80. The van der Waals surface area contributed by atoms with Crippen LogP contribution in [0.15, 0.2) is 61.2 Å². The lowest BCUT2D eigenvalue weighted by molar-refractivity contribution is -0.0440. The Balaban J connectivity index is 1.42. The number of carbonyl (C=O) groups excluding carboxylic acids is 1. The van der Waals surface area contributed by atoms with Crippen LogP contribution in [0.3, 0.4) is 0 Å². The molecule has 11 nitrogen and oxygen atoms in total. The van der Waals surface area contributed by atoms with Crippen LogP contribution in [0.2, 0.25) is 0 Å². The van der Waals surface area contributed by atoms with Gasteiger partial charge in [0.1, 0.15) is 30.3 Å². The van der Waals surface area contributed by atoms with Crippen molar-refractivity contribution in [2.75, 3.05) is 19.0 Å². The standard InChI is InChI=1S/C26H28N6O5/c1-15-6-3-4-7-17(15)11-27-23-21-24(29-13-28-23)32(14-30-21)26-20(22(34)19(12-33)37-26)31-25(35)16-8-5-9-18(10-16)36-2/h3-10,13-14,19-20,22,26,33-34H,11-12H2,1-2H3,(H,31,35)(H,27,28,29)/t19-,20-,22-,26-/m1/s1. The summed E-state index contributed by atoms with van der Waals surface area (Å²) in [5.41, 5.74) is 3.61. The highest BCUT2D eigenvalue weighted by molar-refractivity contribution is 5.95.